The fraction of sp³-hybridized carbons (Fsp3) is 0.800. The second-order valence-electron chi connectivity index (χ2n) is 9.33. The number of rotatable bonds is 1. The van der Waals surface area contributed by atoms with Crippen molar-refractivity contribution in [3.05, 3.63) is 11.1 Å². The molecule has 4 rings (SSSR count). The highest BCUT2D eigenvalue weighted by molar-refractivity contribution is 5.92. The van der Waals surface area contributed by atoms with Crippen molar-refractivity contribution >= 4 is 11.9 Å². The average molecular weight is 348 g/mol. The van der Waals surface area contributed by atoms with Gasteiger partial charge in [0.1, 0.15) is 0 Å². The summed E-state index contributed by atoms with van der Waals surface area (Å²) in [4.78, 5) is 24.1. The molecular weight excluding hydrogens is 320 g/mol. The van der Waals surface area contributed by atoms with Crippen molar-refractivity contribution in [1.82, 2.24) is 0 Å². The van der Waals surface area contributed by atoms with Crippen molar-refractivity contribution in [3.63, 3.8) is 0 Å². The number of fused-ring (bicyclic) bond motifs is 4. The van der Waals surface area contributed by atoms with Crippen molar-refractivity contribution in [3.8, 4) is 0 Å². The molecule has 0 bridgehead atoms. The normalized spacial score (nSPS) is 49.1. The average Bonchev–Trinajstić information content (AvgIpc) is 2.82. The summed E-state index contributed by atoms with van der Waals surface area (Å²) in [5, 5.41) is 20.3. The Morgan fingerprint density at radius 3 is 2.52 bits per heavy atom. The van der Waals surface area contributed by atoms with E-state index in [9.17, 15) is 19.8 Å². The number of carboxylic acid groups (broad SMARTS) is 1. The van der Waals surface area contributed by atoms with Crippen molar-refractivity contribution in [2.45, 2.75) is 72.0 Å². The first-order chi connectivity index (χ1) is 11.6. The number of carbonyl (C=O) groups excluding carboxylic acids is 1. The summed E-state index contributed by atoms with van der Waals surface area (Å²) in [6.07, 6.45) is 4.71. The van der Waals surface area contributed by atoms with E-state index in [0.717, 1.165) is 44.1 Å². The van der Waals surface area contributed by atoms with Gasteiger partial charge in [-0.2, -0.15) is 0 Å². The van der Waals surface area contributed by atoms with Crippen molar-refractivity contribution in [1.29, 1.82) is 0 Å². The molecule has 0 spiro atoms. The van der Waals surface area contributed by atoms with Crippen LogP contribution < -0.4 is 0 Å². The molecule has 25 heavy (non-hydrogen) atoms. The zero-order valence-corrected chi connectivity index (χ0v) is 15.3. The number of cyclic esters (lactones) is 1. The van der Waals surface area contributed by atoms with Gasteiger partial charge in [0.2, 0.25) is 6.29 Å². The lowest BCUT2D eigenvalue weighted by Crippen LogP contribution is -2.59. The van der Waals surface area contributed by atoms with E-state index in [2.05, 4.69) is 13.8 Å². The lowest BCUT2D eigenvalue weighted by atomic mass is 9.40. The molecule has 0 saturated heterocycles. The van der Waals surface area contributed by atoms with Gasteiger partial charge in [-0.3, -0.25) is 4.79 Å². The molecule has 2 saturated carbocycles. The van der Waals surface area contributed by atoms with E-state index in [0.29, 0.717) is 12.0 Å². The summed E-state index contributed by atoms with van der Waals surface area (Å²) in [5.74, 6) is -0.627. The van der Waals surface area contributed by atoms with Crippen LogP contribution in [0.1, 0.15) is 65.7 Å². The van der Waals surface area contributed by atoms with E-state index in [4.69, 9.17) is 4.74 Å². The molecule has 0 amide bonds. The van der Waals surface area contributed by atoms with Gasteiger partial charge in [-0.15, -0.1) is 0 Å². The summed E-state index contributed by atoms with van der Waals surface area (Å²) in [7, 11) is 0. The van der Waals surface area contributed by atoms with Crippen LogP contribution >= 0.6 is 0 Å². The van der Waals surface area contributed by atoms with E-state index in [1.807, 2.05) is 6.92 Å². The Morgan fingerprint density at radius 2 is 1.84 bits per heavy atom. The molecule has 0 aromatic rings. The van der Waals surface area contributed by atoms with E-state index < -0.39 is 17.7 Å². The Bertz CT molecular complexity index is 682. The predicted octanol–water partition coefficient (Wildman–Crippen LogP) is 3.27. The standard InChI is InChI=1S/C20H28O5/c1-18-8-4-9-20(3,17(23)24)13(18)7-10-19(2)12(18)6-5-11-14(19)16(22)25-15(11)21/h12-13,16,22H,4-10H2,1-3H3,(H,23,24)/t12-,13?,16?,18-,19-,20+/m1/s1. The van der Waals surface area contributed by atoms with Gasteiger partial charge in [0.15, 0.2) is 0 Å². The summed E-state index contributed by atoms with van der Waals surface area (Å²) in [6.45, 7) is 6.34. The minimum absolute atomic E-state index is 0.0811. The van der Waals surface area contributed by atoms with Crippen LogP contribution in [0.25, 0.3) is 0 Å². The van der Waals surface area contributed by atoms with E-state index in [1.165, 1.54) is 0 Å². The van der Waals surface area contributed by atoms with Gasteiger partial charge >= 0.3 is 11.9 Å². The maximum atomic E-state index is 12.1. The van der Waals surface area contributed by atoms with Crippen molar-refractivity contribution in [2.24, 2.45) is 28.1 Å². The Morgan fingerprint density at radius 1 is 1.12 bits per heavy atom. The number of aliphatic carboxylic acids is 1. The molecular formula is C20H28O5. The van der Waals surface area contributed by atoms with Crippen LogP contribution in [0, 0.1) is 28.1 Å². The SMILES string of the molecule is C[C@@]12CCC3[C@](C)(CCC[C@]3(C)C(=O)O)[C@H]1CCC1=C2C(O)OC1=O. The molecule has 0 aromatic heterocycles. The first kappa shape index (κ1) is 17.1. The molecule has 5 heteroatoms. The number of esters is 1. The number of hydrogen-bond acceptors (Lipinski definition) is 4. The summed E-state index contributed by atoms with van der Waals surface area (Å²) < 4.78 is 5.12. The van der Waals surface area contributed by atoms with Crippen LogP contribution in [0.4, 0.5) is 0 Å². The molecule has 138 valence electrons. The van der Waals surface area contributed by atoms with E-state index >= 15 is 0 Å². The maximum Gasteiger partial charge on any atom is 0.336 e. The zero-order chi connectivity index (χ0) is 18.2. The largest absolute Gasteiger partial charge is 0.481 e. The summed E-state index contributed by atoms with van der Waals surface area (Å²) >= 11 is 0. The fourth-order valence-corrected chi connectivity index (χ4v) is 7.19. The molecule has 5 nitrogen and oxygen atoms in total. The fourth-order valence-electron chi connectivity index (χ4n) is 7.19. The number of aliphatic hydroxyl groups is 1. The Hall–Kier alpha value is -1.36. The van der Waals surface area contributed by atoms with Crippen LogP contribution in [0.5, 0.6) is 0 Å². The lowest BCUT2D eigenvalue weighted by molar-refractivity contribution is -0.177. The molecule has 0 radical (unpaired) electrons. The topological polar surface area (TPSA) is 83.8 Å². The van der Waals surface area contributed by atoms with E-state index in [-0.39, 0.29) is 28.6 Å². The van der Waals surface area contributed by atoms with Crippen LogP contribution in [0.3, 0.4) is 0 Å². The molecule has 6 atom stereocenters. The maximum absolute atomic E-state index is 12.1. The van der Waals surface area contributed by atoms with Gasteiger partial charge in [-0.25, -0.2) is 4.79 Å². The molecule has 1 aliphatic heterocycles. The summed E-state index contributed by atoms with van der Waals surface area (Å²) in [5.41, 5.74) is 0.425. The van der Waals surface area contributed by atoms with Crippen LogP contribution in [-0.2, 0) is 14.3 Å². The molecule has 1 heterocycles. The highest BCUT2D eigenvalue weighted by Gasteiger charge is 2.64. The number of hydrogen-bond donors (Lipinski definition) is 2. The monoisotopic (exact) mass is 348 g/mol. The van der Waals surface area contributed by atoms with Crippen molar-refractivity contribution < 1.29 is 24.5 Å². The molecule has 2 N–H and O–H groups in total. The van der Waals surface area contributed by atoms with Crippen LogP contribution in [0.15, 0.2) is 11.1 Å². The van der Waals surface area contributed by atoms with Crippen LogP contribution in [-0.4, -0.2) is 28.4 Å². The third-order valence-corrected chi connectivity index (χ3v) is 8.32. The number of carboxylic acids is 1. The third-order valence-electron chi connectivity index (χ3n) is 8.32. The van der Waals surface area contributed by atoms with Gasteiger partial charge in [0, 0.05) is 11.1 Å². The van der Waals surface area contributed by atoms with Crippen LogP contribution in [0.2, 0.25) is 0 Å². The molecule has 4 aliphatic rings. The smallest absolute Gasteiger partial charge is 0.336 e. The quantitative estimate of drug-likeness (QED) is 0.711. The van der Waals surface area contributed by atoms with Gasteiger partial charge in [0.05, 0.1) is 5.41 Å². The number of carbonyl (C=O) groups is 2. The van der Waals surface area contributed by atoms with E-state index in [1.54, 1.807) is 0 Å². The highest BCUT2D eigenvalue weighted by atomic mass is 16.6. The number of aliphatic hydroxyl groups excluding tert-OH is 1. The molecule has 2 fully saturated rings. The minimum Gasteiger partial charge on any atom is -0.481 e. The molecule has 3 aliphatic carbocycles. The Kier molecular flexibility index (Phi) is 3.48. The number of ether oxygens (including phenoxy) is 1. The van der Waals surface area contributed by atoms with Gasteiger partial charge in [-0.1, -0.05) is 20.3 Å². The van der Waals surface area contributed by atoms with Gasteiger partial charge < -0.3 is 14.9 Å². The second-order valence-corrected chi connectivity index (χ2v) is 9.33. The summed E-state index contributed by atoms with van der Waals surface area (Å²) in [6, 6.07) is 0. The Labute approximate surface area is 148 Å². The third kappa shape index (κ3) is 1.99. The minimum atomic E-state index is -1.12. The van der Waals surface area contributed by atoms with Gasteiger partial charge in [0.25, 0.3) is 0 Å². The lowest BCUT2D eigenvalue weighted by Gasteiger charge is -2.63. The first-order valence-corrected chi connectivity index (χ1v) is 9.50. The second kappa shape index (κ2) is 5.09. The Balaban J connectivity index is 1.79. The zero-order valence-electron chi connectivity index (χ0n) is 15.3. The predicted molar refractivity (Wildman–Crippen MR) is 90.4 cm³/mol. The molecule has 0 aromatic carbocycles. The highest BCUT2D eigenvalue weighted by Crippen LogP contribution is 2.69. The molecule has 2 unspecified atom stereocenters. The first-order valence-electron chi connectivity index (χ1n) is 9.50. The van der Waals surface area contributed by atoms with Gasteiger partial charge in [-0.05, 0) is 68.1 Å². The van der Waals surface area contributed by atoms with Crippen molar-refractivity contribution in [2.75, 3.05) is 0 Å².